The highest BCUT2D eigenvalue weighted by molar-refractivity contribution is 5.99. The second-order valence-corrected chi connectivity index (χ2v) is 7.96. The van der Waals surface area contributed by atoms with Crippen LogP contribution in [0.3, 0.4) is 0 Å². The summed E-state index contributed by atoms with van der Waals surface area (Å²) in [6.07, 6.45) is 1.28. The van der Waals surface area contributed by atoms with Crippen LogP contribution in [0.2, 0.25) is 0 Å². The molecule has 2 atom stereocenters. The summed E-state index contributed by atoms with van der Waals surface area (Å²) in [5.41, 5.74) is -0.957. The molecule has 2 aromatic rings. The van der Waals surface area contributed by atoms with E-state index < -0.39 is 35.1 Å². The molecule has 2 aliphatic rings. The summed E-state index contributed by atoms with van der Waals surface area (Å²) in [6.45, 7) is 3.08. The maximum atomic E-state index is 13.9. The Kier molecular flexibility index (Phi) is 6.94. The van der Waals surface area contributed by atoms with Gasteiger partial charge >= 0.3 is 0 Å². The fraction of sp³-hybridized carbons (Fsp3) is 0.435. The first kappa shape index (κ1) is 23.8. The van der Waals surface area contributed by atoms with Gasteiger partial charge in [0.1, 0.15) is 17.2 Å². The number of amides is 2. The van der Waals surface area contributed by atoms with E-state index >= 15 is 0 Å². The van der Waals surface area contributed by atoms with Crippen LogP contribution in [0.1, 0.15) is 39.8 Å². The van der Waals surface area contributed by atoms with Gasteiger partial charge in [0, 0.05) is 31.0 Å². The summed E-state index contributed by atoms with van der Waals surface area (Å²) >= 11 is 0. The molecule has 0 aliphatic carbocycles. The van der Waals surface area contributed by atoms with Gasteiger partial charge in [0.15, 0.2) is 17.7 Å². The third kappa shape index (κ3) is 4.40. The van der Waals surface area contributed by atoms with Crippen molar-refractivity contribution in [3.8, 4) is 5.75 Å². The molecule has 2 aliphatic heterocycles. The Morgan fingerprint density at radius 3 is 2.79 bits per heavy atom. The summed E-state index contributed by atoms with van der Waals surface area (Å²) in [6, 6.07) is 2.77. The zero-order valence-corrected chi connectivity index (χ0v) is 18.8. The Labute approximate surface area is 194 Å². The normalized spacial score (nSPS) is 19.4. The molecule has 0 radical (unpaired) electrons. The van der Waals surface area contributed by atoms with Crippen molar-refractivity contribution in [2.45, 2.75) is 38.7 Å². The minimum atomic E-state index is -0.818. The van der Waals surface area contributed by atoms with Crippen molar-refractivity contribution >= 4 is 11.8 Å². The Morgan fingerprint density at radius 2 is 2.09 bits per heavy atom. The third-order valence-electron chi connectivity index (χ3n) is 5.91. The Morgan fingerprint density at radius 1 is 1.29 bits per heavy atom. The van der Waals surface area contributed by atoms with Crippen LogP contribution in [0.5, 0.6) is 5.75 Å². The smallest absolute Gasteiger partial charge is 0.276 e. The lowest BCUT2D eigenvalue weighted by atomic mass is 10.1. The number of fused-ring (bicyclic) bond motifs is 2. The van der Waals surface area contributed by atoms with E-state index in [1.165, 1.54) is 23.9 Å². The number of carbonyl (C=O) groups is 2. The van der Waals surface area contributed by atoms with Crippen molar-refractivity contribution < 1.29 is 32.6 Å². The van der Waals surface area contributed by atoms with E-state index in [0.717, 1.165) is 6.07 Å². The Balaban J connectivity index is 1.64. The molecule has 0 saturated carbocycles. The second-order valence-electron chi connectivity index (χ2n) is 7.96. The molecular formula is C23H25F2N3O6. The maximum Gasteiger partial charge on any atom is 0.276 e. The van der Waals surface area contributed by atoms with E-state index in [4.69, 9.17) is 14.2 Å². The summed E-state index contributed by atoms with van der Waals surface area (Å²) in [7, 11) is 1.25. The van der Waals surface area contributed by atoms with Crippen molar-refractivity contribution in [2.24, 2.45) is 0 Å². The van der Waals surface area contributed by atoms with Crippen LogP contribution in [-0.2, 0) is 22.6 Å². The average molecular weight is 477 g/mol. The van der Waals surface area contributed by atoms with E-state index in [2.05, 4.69) is 5.32 Å². The molecule has 1 fully saturated rings. The fourth-order valence-electron chi connectivity index (χ4n) is 4.23. The standard InChI is InChI=1S/C23H25F2N3O6/c1-3-33-12-15-6-7-34-18-11-27-10-16(20(29)21(32-2)19(27)23(31)28(15)18)22(30)26-9-13-4-5-14(24)8-17(13)25/h4-5,8,10,15,18H,3,6-7,9,11-12H2,1-2H3,(H,26,30)/t15-,18-/m0/s1. The minimum absolute atomic E-state index is 0.0249. The van der Waals surface area contributed by atoms with Gasteiger partial charge in [-0.1, -0.05) is 6.07 Å². The van der Waals surface area contributed by atoms with Gasteiger partial charge in [-0.3, -0.25) is 14.4 Å². The van der Waals surface area contributed by atoms with E-state index in [-0.39, 0.29) is 41.7 Å². The number of nitrogens with zero attached hydrogens (tertiary/aromatic N) is 2. The first-order valence-corrected chi connectivity index (χ1v) is 10.9. The van der Waals surface area contributed by atoms with Gasteiger partial charge in [0.05, 0.1) is 32.9 Å². The van der Waals surface area contributed by atoms with Gasteiger partial charge in [0.25, 0.3) is 11.8 Å². The van der Waals surface area contributed by atoms with Gasteiger partial charge in [0.2, 0.25) is 5.43 Å². The van der Waals surface area contributed by atoms with Crippen LogP contribution < -0.4 is 15.5 Å². The molecule has 34 heavy (non-hydrogen) atoms. The molecule has 1 N–H and O–H groups in total. The van der Waals surface area contributed by atoms with Gasteiger partial charge < -0.3 is 29.0 Å². The number of ether oxygens (including phenoxy) is 3. The number of hydrogen-bond acceptors (Lipinski definition) is 6. The topological polar surface area (TPSA) is 99.1 Å². The molecule has 1 aromatic carbocycles. The predicted octanol–water partition coefficient (Wildman–Crippen LogP) is 1.67. The zero-order chi connectivity index (χ0) is 24.4. The molecule has 0 spiro atoms. The Hall–Kier alpha value is -3.31. The molecule has 1 aromatic heterocycles. The van der Waals surface area contributed by atoms with E-state index in [0.29, 0.717) is 32.3 Å². The van der Waals surface area contributed by atoms with Gasteiger partial charge in [-0.2, -0.15) is 0 Å². The van der Waals surface area contributed by atoms with Crippen molar-refractivity contribution in [3.63, 3.8) is 0 Å². The van der Waals surface area contributed by atoms with Crippen LogP contribution in [0.15, 0.2) is 29.2 Å². The fourth-order valence-corrected chi connectivity index (χ4v) is 4.23. The number of methoxy groups -OCH3 is 1. The maximum absolute atomic E-state index is 13.9. The van der Waals surface area contributed by atoms with Gasteiger partial charge in [-0.25, -0.2) is 8.78 Å². The largest absolute Gasteiger partial charge is 0.491 e. The molecule has 0 unspecified atom stereocenters. The Bertz CT molecular complexity index is 1170. The summed E-state index contributed by atoms with van der Waals surface area (Å²) in [5.74, 6) is -3.05. The van der Waals surface area contributed by atoms with E-state index in [1.807, 2.05) is 6.92 Å². The lowest BCUT2D eigenvalue weighted by Gasteiger charge is -2.45. The van der Waals surface area contributed by atoms with Crippen LogP contribution in [0, 0.1) is 11.6 Å². The van der Waals surface area contributed by atoms with Gasteiger partial charge in [-0.05, 0) is 19.4 Å². The molecule has 182 valence electrons. The molecule has 4 rings (SSSR count). The highest BCUT2D eigenvalue weighted by Gasteiger charge is 2.42. The molecule has 3 heterocycles. The zero-order valence-electron chi connectivity index (χ0n) is 18.8. The number of aromatic nitrogens is 1. The number of halogens is 2. The average Bonchev–Trinajstić information content (AvgIpc) is 2.82. The second kappa shape index (κ2) is 9.90. The SMILES string of the molecule is CCOC[C@@H]1CCO[C@H]2Cn3cc(C(=O)NCc4ccc(F)cc4F)c(=O)c(OC)c3C(=O)N12. The van der Waals surface area contributed by atoms with E-state index in [1.54, 1.807) is 4.90 Å². The van der Waals surface area contributed by atoms with Gasteiger partial charge in [-0.15, -0.1) is 0 Å². The summed E-state index contributed by atoms with van der Waals surface area (Å²) in [4.78, 5) is 40.8. The first-order valence-electron chi connectivity index (χ1n) is 10.9. The minimum Gasteiger partial charge on any atom is -0.491 e. The highest BCUT2D eigenvalue weighted by Crippen LogP contribution is 2.30. The quantitative estimate of drug-likeness (QED) is 0.652. The summed E-state index contributed by atoms with van der Waals surface area (Å²) in [5, 5.41) is 2.46. The van der Waals surface area contributed by atoms with Crippen LogP contribution in [0.25, 0.3) is 0 Å². The van der Waals surface area contributed by atoms with Crippen molar-refractivity contribution in [1.29, 1.82) is 0 Å². The number of pyridine rings is 1. The van der Waals surface area contributed by atoms with Crippen molar-refractivity contribution in [3.05, 3.63) is 63.1 Å². The first-order chi connectivity index (χ1) is 16.3. The van der Waals surface area contributed by atoms with Crippen molar-refractivity contribution in [1.82, 2.24) is 14.8 Å². The molecule has 0 bridgehead atoms. The number of benzene rings is 1. The van der Waals surface area contributed by atoms with E-state index in [9.17, 15) is 23.2 Å². The number of rotatable bonds is 7. The lowest BCUT2D eigenvalue weighted by molar-refractivity contribution is -0.127. The summed E-state index contributed by atoms with van der Waals surface area (Å²) < 4.78 is 45.0. The number of nitrogens with one attached hydrogen (secondary N) is 1. The third-order valence-corrected chi connectivity index (χ3v) is 5.91. The highest BCUT2D eigenvalue weighted by atomic mass is 19.1. The molecule has 1 saturated heterocycles. The predicted molar refractivity (Wildman–Crippen MR) is 116 cm³/mol. The van der Waals surface area contributed by atoms with Crippen LogP contribution in [-0.4, -0.2) is 60.5 Å². The van der Waals surface area contributed by atoms with Crippen LogP contribution >= 0.6 is 0 Å². The monoisotopic (exact) mass is 477 g/mol. The molecule has 11 heteroatoms. The number of hydrogen-bond donors (Lipinski definition) is 1. The number of carbonyl (C=O) groups excluding carboxylic acids is 2. The molecular weight excluding hydrogens is 452 g/mol. The lowest BCUT2D eigenvalue weighted by Crippen LogP contribution is -2.59. The molecule has 9 nitrogen and oxygen atoms in total. The molecule has 2 amide bonds. The van der Waals surface area contributed by atoms with Crippen LogP contribution in [0.4, 0.5) is 8.78 Å². The van der Waals surface area contributed by atoms with Crippen molar-refractivity contribution in [2.75, 3.05) is 26.9 Å².